The van der Waals surface area contributed by atoms with Crippen LogP contribution < -0.4 is 0 Å². The molecular formula is C12H15BrN2O4. The number of hydrogen-bond donors (Lipinski definition) is 0. The minimum absolute atomic E-state index is 0.0456. The van der Waals surface area contributed by atoms with Gasteiger partial charge in [0.1, 0.15) is 5.60 Å². The van der Waals surface area contributed by atoms with Crippen molar-refractivity contribution in [1.29, 1.82) is 0 Å². The van der Waals surface area contributed by atoms with Crippen molar-refractivity contribution in [3.05, 3.63) is 22.7 Å². The van der Waals surface area contributed by atoms with Crippen molar-refractivity contribution in [3.63, 3.8) is 0 Å². The molecule has 1 aromatic rings. The molecule has 0 radical (unpaired) electrons. The van der Waals surface area contributed by atoms with Crippen molar-refractivity contribution < 1.29 is 19.1 Å². The summed E-state index contributed by atoms with van der Waals surface area (Å²) < 4.78 is 10.4. The average molecular weight is 331 g/mol. The van der Waals surface area contributed by atoms with Crippen LogP contribution in [0.2, 0.25) is 0 Å². The van der Waals surface area contributed by atoms with Crippen LogP contribution in [0.3, 0.4) is 0 Å². The van der Waals surface area contributed by atoms with Gasteiger partial charge in [0.05, 0.1) is 11.6 Å². The summed E-state index contributed by atoms with van der Waals surface area (Å²) in [4.78, 5) is 31.6. The van der Waals surface area contributed by atoms with Crippen molar-refractivity contribution in [1.82, 2.24) is 9.97 Å². The molecule has 1 rings (SSSR count). The zero-order valence-electron chi connectivity index (χ0n) is 11.1. The minimum Gasteiger partial charge on any atom is -0.468 e. The van der Waals surface area contributed by atoms with Gasteiger partial charge >= 0.3 is 11.9 Å². The van der Waals surface area contributed by atoms with Gasteiger partial charge in [0.25, 0.3) is 0 Å². The maximum absolute atomic E-state index is 12.0. The van der Waals surface area contributed by atoms with Gasteiger partial charge in [0, 0.05) is 12.4 Å². The van der Waals surface area contributed by atoms with Crippen LogP contribution in [0, 0.1) is 0 Å². The van der Waals surface area contributed by atoms with Gasteiger partial charge in [-0.05, 0) is 36.7 Å². The molecule has 0 saturated carbocycles. The Bertz CT molecular complexity index is 468. The first-order valence-corrected chi connectivity index (χ1v) is 6.32. The fourth-order valence-electron chi connectivity index (χ4n) is 1.26. The predicted molar refractivity (Wildman–Crippen MR) is 70.3 cm³/mol. The lowest BCUT2D eigenvalue weighted by Crippen LogP contribution is -2.33. The molecule has 1 heterocycles. The van der Waals surface area contributed by atoms with Crippen molar-refractivity contribution in [2.75, 3.05) is 7.11 Å². The maximum Gasteiger partial charge on any atom is 0.328 e. The van der Waals surface area contributed by atoms with Crippen molar-refractivity contribution >= 4 is 27.9 Å². The van der Waals surface area contributed by atoms with Gasteiger partial charge < -0.3 is 9.47 Å². The molecule has 0 spiro atoms. The largest absolute Gasteiger partial charge is 0.468 e. The van der Waals surface area contributed by atoms with E-state index in [4.69, 9.17) is 4.74 Å². The van der Waals surface area contributed by atoms with Crippen molar-refractivity contribution in [2.24, 2.45) is 0 Å². The second-order valence-electron chi connectivity index (χ2n) is 4.75. The Kier molecular flexibility index (Phi) is 4.99. The van der Waals surface area contributed by atoms with E-state index < -0.39 is 23.5 Å². The predicted octanol–water partition coefficient (Wildman–Crippen LogP) is 1.84. The van der Waals surface area contributed by atoms with Gasteiger partial charge in [-0.3, -0.25) is 9.59 Å². The Hall–Kier alpha value is -1.50. The van der Waals surface area contributed by atoms with E-state index in [2.05, 4.69) is 30.6 Å². The SMILES string of the molecule is COC(=O)C(C(=O)OC(C)(C)C)c1ncc(Br)cn1. The number of ether oxygens (including phenoxy) is 2. The first-order chi connectivity index (χ1) is 8.74. The summed E-state index contributed by atoms with van der Waals surface area (Å²) in [6.45, 7) is 5.13. The Labute approximate surface area is 119 Å². The van der Waals surface area contributed by atoms with E-state index in [0.717, 1.165) is 0 Å². The van der Waals surface area contributed by atoms with E-state index in [1.807, 2.05) is 0 Å². The summed E-state index contributed by atoms with van der Waals surface area (Å²) in [5, 5.41) is 0. The van der Waals surface area contributed by atoms with Crippen LogP contribution in [-0.2, 0) is 19.1 Å². The molecule has 0 N–H and O–H groups in total. The molecule has 0 aromatic carbocycles. The van der Waals surface area contributed by atoms with Crippen LogP contribution in [0.15, 0.2) is 16.9 Å². The van der Waals surface area contributed by atoms with Gasteiger partial charge in [0.15, 0.2) is 5.82 Å². The molecule has 1 unspecified atom stereocenters. The zero-order chi connectivity index (χ0) is 14.6. The van der Waals surface area contributed by atoms with Gasteiger partial charge in [-0.2, -0.15) is 0 Å². The van der Waals surface area contributed by atoms with E-state index in [9.17, 15) is 9.59 Å². The molecular weight excluding hydrogens is 316 g/mol. The molecule has 0 aliphatic heterocycles. The summed E-state index contributed by atoms with van der Waals surface area (Å²) >= 11 is 3.18. The van der Waals surface area contributed by atoms with Crippen LogP contribution in [0.4, 0.5) is 0 Å². The molecule has 7 heteroatoms. The number of carbonyl (C=O) groups is 2. The van der Waals surface area contributed by atoms with Crippen molar-refractivity contribution in [3.8, 4) is 0 Å². The van der Waals surface area contributed by atoms with Crippen LogP contribution in [-0.4, -0.2) is 34.6 Å². The molecule has 6 nitrogen and oxygen atoms in total. The normalized spacial score (nSPS) is 12.7. The first-order valence-electron chi connectivity index (χ1n) is 5.52. The minimum atomic E-state index is -1.28. The number of hydrogen-bond acceptors (Lipinski definition) is 6. The van der Waals surface area contributed by atoms with Gasteiger partial charge in [-0.1, -0.05) is 0 Å². The highest BCUT2D eigenvalue weighted by atomic mass is 79.9. The van der Waals surface area contributed by atoms with Crippen molar-refractivity contribution in [2.45, 2.75) is 32.3 Å². The van der Waals surface area contributed by atoms with Crippen LogP contribution >= 0.6 is 15.9 Å². The first kappa shape index (κ1) is 15.6. The molecule has 1 aromatic heterocycles. The van der Waals surface area contributed by atoms with E-state index in [1.54, 1.807) is 20.8 Å². The molecule has 0 amide bonds. The zero-order valence-corrected chi connectivity index (χ0v) is 12.7. The molecule has 0 saturated heterocycles. The maximum atomic E-state index is 12.0. The number of nitrogens with zero attached hydrogens (tertiary/aromatic N) is 2. The van der Waals surface area contributed by atoms with Gasteiger partial charge in [0.2, 0.25) is 5.92 Å². The Balaban J connectivity index is 3.05. The summed E-state index contributed by atoms with van der Waals surface area (Å²) in [6, 6.07) is 0. The number of carbonyl (C=O) groups excluding carboxylic acids is 2. The second-order valence-corrected chi connectivity index (χ2v) is 5.66. The van der Waals surface area contributed by atoms with E-state index >= 15 is 0 Å². The fraction of sp³-hybridized carbons (Fsp3) is 0.500. The smallest absolute Gasteiger partial charge is 0.328 e. The monoisotopic (exact) mass is 330 g/mol. The lowest BCUT2D eigenvalue weighted by atomic mass is 10.1. The Morgan fingerprint density at radius 3 is 2.16 bits per heavy atom. The fourth-order valence-corrected chi connectivity index (χ4v) is 1.46. The van der Waals surface area contributed by atoms with Crippen LogP contribution in [0.1, 0.15) is 32.5 Å². The average Bonchev–Trinajstić information content (AvgIpc) is 2.29. The number of esters is 2. The number of halogens is 1. The van der Waals surface area contributed by atoms with E-state index in [0.29, 0.717) is 4.47 Å². The molecule has 0 fully saturated rings. The van der Waals surface area contributed by atoms with Crippen LogP contribution in [0.5, 0.6) is 0 Å². The Morgan fingerprint density at radius 2 is 1.74 bits per heavy atom. The Morgan fingerprint density at radius 1 is 1.21 bits per heavy atom. The topological polar surface area (TPSA) is 78.4 Å². The lowest BCUT2D eigenvalue weighted by Gasteiger charge is -2.22. The van der Waals surface area contributed by atoms with E-state index in [-0.39, 0.29) is 5.82 Å². The highest BCUT2D eigenvalue weighted by Gasteiger charge is 2.36. The third kappa shape index (κ3) is 4.59. The molecule has 19 heavy (non-hydrogen) atoms. The van der Waals surface area contributed by atoms with Gasteiger partial charge in [-0.25, -0.2) is 9.97 Å². The standard InChI is InChI=1S/C12H15BrN2O4/c1-12(2,3)19-11(17)8(10(16)18-4)9-14-5-7(13)6-15-9/h5-6,8H,1-4H3. The van der Waals surface area contributed by atoms with Gasteiger partial charge in [-0.15, -0.1) is 0 Å². The quantitative estimate of drug-likeness (QED) is 0.621. The lowest BCUT2D eigenvalue weighted by molar-refractivity contribution is -0.163. The highest BCUT2D eigenvalue weighted by molar-refractivity contribution is 9.10. The summed E-state index contributed by atoms with van der Waals surface area (Å²) in [5.41, 5.74) is -0.710. The van der Waals surface area contributed by atoms with Crippen LogP contribution in [0.25, 0.3) is 0 Å². The molecule has 0 aliphatic rings. The molecule has 0 aliphatic carbocycles. The third-order valence-electron chi connectivity index (χ3n) is 1.98. The number of rotatable bonds is 3. The number of aromatic nitrogens is 2. The molecule has 104 valence electrons. The second kappa shape index (κ2) is 6.10. The summed E-state index contributed by atoms with van der Waals surface area (Å²) in [6.07, 6.45) is 2.89. The summed E-state index contributed by atoms with van der Waals surface area (Å²) in [5.74, 6) is -2.72. The molecule has 1 atom stereocenters. The molecule has 0 bridgehead atoms. The van der Waals surface area contributed by atoms with E-state index in [1.165, 1.54) is 19.5 Å². The summed E-state index contributed by atoms with van der Waals surface area (Å²) in [7, 11) is 1.19. The number of methoxy groups -OCH3 is 1. The highest BCUT2D eigenvalue weighted by Crippen LogP contribution is 2.20. The third-order valence-corrected chi connectivity index (χ3v) is 2.39.